The summed E-state index contributed by atoms with van der Waals surface area (Å²) < 4.78 is 1.90. The predicted octanol–water partition coefficient (Wildman–Crippen LogP) is 2.83. The molecule has 1 aromatic rings. The van der Waals surface area contributed by atoms with Crippen LogP contribution in [0.2, 0.25) is 0 Å². The summed E-state index contributed by atoms with van der Waals surface area (Å²) in [7, 11) is 1.99. The van der Waals surface area contributed by atoms with Gasteiger partial charge in [0, 0.05) is 45.3 Å². The van der Waals surface area contributed by atoms with Gasteiger partial charge in [-0.2, -0.15) is 5.10 Å². The van der Waals surface area contributed by atoms with Crippen LogP contribution in [0, 0.1) is 0 Å². The van der Waals surface area contributed by atoms with Crippen molar-refractivity contribution >= 4 is 5.96 Å². The molecule has 2 saturated heterocycles. The Morgan fingerprint density at radius 1 is 1.19 bits per heavy atom. The molecule has 0 bridgehead atoms. The molecule has 6 heteroatoms. The van der Waals surface area contributed by atoms with Gasteiger partial charge in [0.05, 0.1) is 6.20 Å². The molecule has 1 atom stereocenters. The predicted molar refractivity (Wildman–Crippen MR) is 112 cm³/mol. The zero-order valence-corrected chi connectivity index (χ0v) is 17.4. The van der Waals surface area contributed by atoms with Crippen LogP contribution in [-0.4, -0.2) is 71.4 Å². The SMILES string of the molecule is CCNC(=NCCCCCN1CCCCC1)N1CCC(c2cnn(C)c2)C1. The first-order chi connectivity index (χ1) is 13.3. The number of nitrogens with zero attached hydrogens (tertiary/aromatic N) is 5. The van der Waals surface area contributed by atoms with Crippen molar-refractivity contribution in [1.29, 1.82) is 0 Å². The van der Waals surface area contributed by atoms with Crippen LogP contribution in [0.3, 0.4) is 0 Å². The van der Waals surface area contributed by atoms with Gasteiger partial charge in [0.15, 0.2) is 5.96 Å². The van der Waals surface area contributed by atoms with Gasteiger partial charge in [-0.3, -0.25) is 9.67 Å². The van der Waals surface area contributed by atoms with Crippen LogP contribution < -0.4 is 5.32 Å². The number of hydrogen-bond donors (Lipinski definition) is 1. The van der Waals surface area contributed by atoms with Gasteiger partial charge < -0.3 is 15.1 Å². The van der Waals surface area contributed by atoms with E-state index in [1.54, 1.807) is 0 Å². The Labute approximate surface area is 165 Å². The van der Waals surface area contributed by atoms with E-state index in [9.17, 15) is 0 Å². The maximum absolute atomic E-state index is 4.91. The van der Waals surface area contributed by atoms with Gasteiger partial charge in [-0.25, -0.2) is 0 Å². The quantitative estimate of drug-likeness (QED) is 0.432. The van der Waals surface area contributed by atoms with E-state index in [0.717, 1.165) is 32.1 Å². The fraction of sp³-hybridized carbons (Fsp3) is 0.810. The number of aromatic nitrogens is 2. The number of hydrogen-bond acceptors (Lipinski definition) is 3. The van der Waals surface area contributed by atoms with Crippen LogP contribution >= 0.6 is 0 Å². The second kappa shape index (κ2) is 10.7. The Morgan fingerprint density at radius 3 is 2.78 bits per heavy atom. The minimum Gasteiger partial charge on any atom is -0.357 e. The number of piperidine rings is 1. The molecule has 1 N–H and O–H groups in total. The summed E-state index contributed by atoms with van der Waals surface area (Å²) in [5.41, 5.74) is 1.36. The molecule has 2 fully saturated rings. The normalized spacial score (nSPS) is 21.8. The minimum absolute atomic E-state index is 0.576. The Balaban J connectivity index is 1.38. The molecule has 3 heterocycles. The van der Waals surface area contributed by atoms with Gasteiger partial charge in [0.25, 0.3) is 0 Å². The van der Waals surface area contributed by atoms with Crippen molar-refractivity contribution in [3.05, 3.63) is 18.0 Å². The Kier molecular flexibility index (Phi) is 7.99. The third-order valence-corrected chi connectivity index (χ3v) is 5.86. The minimum atomic E-state index is 0.576. The highest BCUT2D eigenvalue weighted by Gasteiger charge is 2.26. The summed E-state index contributed by atoms with van der Waals surface area (Å²) >= 11 is 0. The third-order valence-electron chi connectivity index (χ3n) is 5.86. The van der Waals surface area contributed by atoms with Crippen molar-refractivity contribution in [2.45, 2.75) is 57.8 Å². The van der Waals surface area contributed by atoms with Crippen LogP contribution in [0.4, 0.5) is 0 Å². The van der Waals surface area contributed by atoms with Crippen molar-refractivity contribution in [3.63, 3.8) is 0 Å². The Morgan fingerprint density at radius 2 is 2.04 bits per heavy atom. The van der Waals surface area contributed by atoms with Gasteiger partial charge in [-0.15, -0.1) is 0 Å². The summed E-state index contributed by atoms with van der Waals surface area (Å²) in [6.45, 7) is 10.1. The molecule has 0 aromatic carbocycles. The number of aryl methyl sites for hydroxylation is 1. The van der Waals surface area contributed by atoms with Crippen LogP contribution in [0.5, 0.6) is 0 Å². The lowest BCUT2D eigenvalue weighted by molar-refractivity contribution is 0.224. The summed E-state index contributed by atoms with van der Waals surface area (Å²) in [5.74, 6) is 1.67. The molecule has 1 unspecified atom stereocenters. The lowest BCUT2D eigenvalue weighted by Gasteiger charge is -2.26. The molecule has 0 radical (unpaired) electrons. The van der Waals surface area contributed by atoms with E-state index in [-0.39, 0.29) is 0 Å². The van der Waals surface area contributed by atoms with Crippen molar-refractivity contribution in [1.82, 2.24) is 24.9 Å². The van der Waals surface area contributed by atoms with E-state index in [4.69, 9.17) is 4.99 Å². The second-order valence-electron chi connectivity index (χ2n) is 8.08. The summed E-state index contributed by atoms with van der Waals surface area (Å²) in [6, 6.07) is 0. The maximum Gasteiger partial charge on any atom is 0.193 e. The Bertz CT molecular complexity index is 575. The zero-order chi connectivity index (χ0) is 18.9. The molecule has 27 heavy (non-hydrogen) atoms. The van der Waals surface area contributed by atoms with E-state index in [1.807, 2.05) is 17.9 Å². The van der Waals surface area contributed by atoms with Crippen molar-refractivity contribution in [3.8, 4) is 0 Å². The van der Waals surface area contributed by atoms with Crippen LogP contribution in [-0.2, 0) is 7.05 Å². The standard InChI is InChI=1S/C21H38N6/c1-3-22-21(23-11-6-4-7-12-26-13-8-5-9-14-26)27-15-10-19(18-27)20-16-24-25(2)17-20/h16-17,19H,3-15,18H2,1-2H3,(H,22,23). The van der Waals surface area contributed by atoms with Crippen LogP contribution in [0.15, 0.2) is 17.4 Å². The van der Waals surface area contributed by atoms with E-state index in [0.29, 0.717) is 5.92 Å². The van der Waals surface area contributed by atoms with Crippen molar-refractivity contribution in [2.24, 2.45) is 12.0 Å². The molecule has 2 aliphatic rings. The number of rotatable bonds is 8. The summed E-state index contributed by atoms with van der Waals surface area (Å²) in [4.78, 5) is 9.97. The van der Waals surface area contributed by atoms with Crippen molar-refractivity contribution < 1.29 is 0 Å². The largest absolute Gasteiger partial charge is 0.357 e. The molecule has 0 saturated carbocycles. The number of likely N-dealkylation sites (tertiary alicyclic amines) is 2. The van der Waals surface area contributed by atoms with Gasteiger partial charge in [0.2, 0.25) is 0 Å². The molecule has 0 amide bonds. The highest BCUT2D eigenvalue weighted by molar-refractivity contribution is 5.80. The third kappa shape index (κ3) is 6.23. The average molecular weight is 375 g/mol. The zero-order valence-electron chi connectivity index (χ0n) is 17.4. The first-order valence-corrected chi connectivity index (χ1v) is 11.0. The smallest absolute Gasteiger partial charge is 0.193 e. The number of guanidine groups is 1. The second-order valence-corrected chi connectivity index (χ2v) is 8.08. The molecule has 2 aliphatic heterocycles. The maximum atomic E-state index is 4.91. The lowest BCUT2D eigenvalue weighted by Crippen LogP contribution is -2.40. The van der Waals surface area contributed by atoms with Gasteiger partial charge in [-0.05, 0) is 64.2 Å². The monoisotopic (exact) mass is 374 g/mol. The molecule has 6 nitrogen and oxygen atoms in total. The first-order valence-electron chi connectivity index (χ1n) is 11.0. The Hall–Kier alpha value is -1.56. The van der Waals surface area contributed by atoms with E-state index >= 15 is 0 Å². The lowest BCUT2D eigenvalue weighted by atomic mass is 10.0. The fourth-order valence-electron chi connectivity index (χ4n) is 4.29. The molecule has 3 rings (SSSR count). The molecule has 0 spiro atoms. The van der Waals surface area contributed by atoms with Crippen LogP contribution in [0.25, 0.3) is 0 Å². The summed E-state index contributed by atoms with van der Waals surface area (Å²) in [6.07, 6.45) is 13.4. The van der Waals surface area contributed by atoms with E-state index in [2.05, 4.69) is 33.3 Å². The fourth-order valence-corrected chi connectivity index (χ4v) is 4.29. The molecular formula is C21H38N6. The van der Waals surface area contributed by atoms with Gasteiger partial charge in [0.1, 0.15) is 0 Å². The van der Waals surface area contributed by atoms with E-state index in [1.165, 1.54) is 70.1 Å². The first kappa shape index (κ1) is 20.2. The molecule has 1 aromatic heterocycles. The molecular weight excluding hydrogens is 336 g/mol. The number of unbranched alkanes of at least 4 members (excludes halogenated alkanes) is 2. The topological polar surface area (TPSA) is 48.7 Å². The highest BCUT2D eigenvalue weighted by atomic mass is 15.3. The van der Waals surface area contributed by atoms with Crippen LogP contribution in [0.1, 0.15) is 63.4 Å². The highest BCUT2D eigenvalue weighted by Crippen LogP contribution is 2.26. The molecule has 152 valence electrons. The van der Waals surface area contributed by atoms with E-state index < -0.39 is 0 Å². The van der Waals surface area contributed by atoms with Gasteiger partial charge in [-0.1, -0.05) is 12.8 Å². The molecule has 0 aliphatic carbocycles. The number of aliphatic imine (C=N–C) groups is 1. The number of nitrogens with one attached hydrogen (secondary N) is 1. The van der Waals surface area contributed by atoms with Crippen molar-refractivity contribution in [2.75, 3.05) is 45.8 Å². The summed E-state index contributed by atoms with van der Waals surface area (Å²) in [5, 5.41) is 7.82. The average Bonchev–Trinajstić information content (AvgIpc) is 3.33. The van der Waals surface area contributed by atoms with Gasteiger partial charge >= 0.3 is 0 Å².